The lowest BCUT2D eigenvalue weighted by Crippen LogP contribution is -2.14. The molecule has 0 saturated heterocycles. The van der Waals surface area contributed by atoms with Crippen LogP contribution in [0.5, 0.6) is 0 Å². The maximum atomic E-state index is 11.1. The summed E-state index contributed by atoms with van der Waals surface area (Å²) in [7, 11) is 0. The van der Waals surface area contributed by atoms with Crippen molar-refractivity contribution in [2.45, 2.75) is 13.8 Å². The molecule has 4 heteroatoms. The zero-order valence-electron chi connectivity index (χ0n) is 8.13. The third-order valence-electron chi connectivity index (χ3n) is 1.63. The average molecular weight is 305 g/mol. The molecule has 0 aliphatic carbocycles. The highest BCUT2D eigenvalue weighted by Gasteiger charge is 2.05. The van der Waals surface area contributed by atoms with Crippen LogP contribution in [0.15, 0.2) is 18.2 Å². The van der Waals surface area contributed by atoms with Crippen molar-refractivity contribution in [2.24, 2.45) is 0 Å². The molecule has 0 spiro atoms. The average Bonchev–Trinajstić information content (AvgIpc) is 2.12. The minimum absolute atomic E-state index is 0.383. The molecule has 0 fully saturated rings. The molecule has 0 unspecified atom stereocenters. The molecule has 3 nitrogen and oxygen atoms in total. The van der Waals surface area contributed by atoms with Crippen LogP contribution in [-0.4, -0.2) is 12.7 Å². The van der Waals surface area contributed by atoms with Gasteiger partial charge in [-0.15, -0.1) is 0 Å². The van der Waals surface area contributed by atoms with Crippen molar-refractivity contribution >= 4 is 34.4 Å². The van der Waals surface area contributed by atoms with Gasteiger partial charge in [0.1, 0.15) is 0 Å². The minimum Gasteiger partial charge on any atom is -0.450 e. The first-order valence-electron chi connectivity index (χ1n) is 4.33. The van der Waals surface area contributed by atoms with Gasteiger partial charge in [-0.2, -0.15) is 0 Å². The number of ether oxygens (including phenoxy) is 1. The summed E-state index contributed by atoms with van der Waals surface area (Å²) in [5.41, 5.74) is 1.90. The van der Waals surface area contributed by atoms with E-state index in [1.54, 1.807) is 6.92 Å². The summed E-state index contributed by atoms with van der Waals surface area (Å²) in [5.74, 6) is 0. The van der Waals surface area contributed by atoms with E-state index in [0.717, 1.165) is 14.8 Å². The molecule has 0 aromatic heterocycles. The van der Waals surface area contributed by atoms with E-state index in [-0.39, 0.29) is 0 Å². The first kappa shape index (κ1) is 11.3. The molecular formula is C10H12INO2. The molecule has 14 heavy (non-hydrogen) atoms. The molecule has 0 radical (unpaired) electrons. The summed E-state index contributed by atoms with van der Waals surface area (Å²) in [6, 6.07) is 5.87. The molecule has 0 saturated carbocycles. The fraction of sp³-hybridized carbons (Fsp3) is 0.300. The second kappa shape index (κ2) is 5.19. The summed E-state index contributed by atoms with van der Waals surface area (Å²) < 4.78 is 5.79. The molecule has 1 amide bonds. The second-order valence-electron chi connectivity index (χ2n) is 2.83. The van der Waals surface area contributed by atoms with Crippen LogP contribution >= 0.6 is 22.6 Å². The van der Waals surface area contributed by atoms with Crippen LogP contribution in [0.25, 0.3) is 0 Å². The van der Waals surface area contributed by atoms with Crippen LogP contribution in [0, 0.1) is 10.5 Å². The number of nitrogens with one attached hydrogen (secondary N) is 1. The zero-order chi connectivity index (χ0) is 10.6. The number of aryl methyl sites for hydroxylation is 1. The molecule has 0 aliphatic rings. The van der Waals surface area contributed by atoms with E-state index >= 15 is 0 Å². The predicted octanol–water partition coefficient (Wildman–Crippen LogP) is 3.17. The van der Waals surface area contributed by atoms with Gasteiger partial charge < -0.3 is 4.74 Å². The Hall–Kier alpha value is -0.780. The SMILES string of the molecule is CCOC(=O)Nc1cc(C)ccc1I. The van der Waals surface area contributed by atoms with Gasteiger partial charge in [0.15, 0.2) is 0 Å². The Morgan fingerprint density at radius 1 is 1.57 bits per heavy atom. The topological polar surface area (TPSA) is 38.3 Å². The van der Waals surface area contributed by atoms with Crippen molar-refractivity contribution in [3.05, 3.63) is 27.3 Å². The number of carbonyl (C=O) groups excluding carboxylic acids is 1. The van der Waals surface area contributed by atoms with Crippen molar-refractivity contribution in [1.29, 1.82) is 0 Å². The second-order valence-corrected chi connectivity index (χ2v) is 3.99. The van der Waals surface area contributed by atoms with Crippen LogP contribution in [0.2, 0.25) is 0 Å². The van der Waals surface area contributed by atoms with E-state index in [1.165, 1.54) is 0 Å². The highest BCUT2D eigenvalue weighted by Crippen LogP contribution is 2.19. The fourth-order valence-corrected chi connectivity index (χ4v) is 1.48. The van der Waals surface area contributed by atoms with Gasteiger partial charge in [-0.25, -0.2) is 4.79 Å². The predicted molar refractivity (Wildman–Crippen MR) is 64.5 cm³/mol. The Kier molecular flexibility index (Phi) is 4.19. The lowest BCUT2D eigenvalue weighted by molar-refractivity contribution is 0.168. The van der Waals surface area contributed by atoms with Gasteiger partial charge in [0.2, 0.25) is 0 Å². The van der Waals surface area contributed by atoms with Crippen LogP contribution in [0.3, 0.4) is 0 Å². The number of carbonyl (C=O) groups is 1. The van der Waals surface area contributed by atoms with E-state index in [1.807, 2.05) is 25.1 Å². The van der Waals surface area contributed by atoms with Gasteiger partial charge in [0.05, 0.1) is 12.3 Å². The summed E-state index contributed by atoms with van der Waals surface area (Å²) in [4.78, 5) is 11.1. The number of halogens is 1. The Bertz CT molecular complexity index is 339. The third kappa shape index (κ3) is 3.17. The molecule has 1 aromatic rings. The molecule has 1 rings (SSSR count). The Balaban J connectivity index is 2.75. The first-order valence-corrected chi connectivity index (χ1v) is 5.41. The van der Waals surface area contributed by atoms with E-state index in [2.05, 4.69) is 27.9 Å². The quantitative estimate of drug-likeness (QED) is 0.852. The number of hydrogen-bond acceptors (Lipinski definition) is 2. The van der Waals surface area contributed by atoms with Crippen LogP contribution in [0.1, 0.15) is 12.5 Å². The monoisotopic (exact) mass is 305 g/mol. The van der Waals surface area contributed by atoms with Gasteiger partial charge in [0, 0.05) is 3.57 Å². The molecule has 0 heterocycles. The first-order chi connectivity index (χ1) is 6.63. The number of rotatable bonds is 2. The molecule has 0 aliphatic heterocycles. The highest BCUT2D eigenvalue weighted by atomic mass is 127. The van der Waals surface area contributed by atoms with Gasteiger partial charge in [-0.05, 0) is 54.1 Å². The van der Waals surface area contributed by atoms with Crippen LogP contribution in [-0.2, 0) is 4.74 Å². The molecule has 0 atom stereocenters. The van der Waals surface area contributed by atoms with E-state index in [0.29, 0.717) is 6.61 Å². The number of anilines is 1. The standard InChI is InChI=1S/C10H12INO2/c1-3-14-10(13)12-9-6-7(2)4-5-8(9)11/h4-6H,3H2,1-2H3,(H,12,13). The molecule has 76 valence electrons. The zero-order valence-corrected chi connectivity index (χ0v) is 10.3. The van der Waals surface area contributed by atoms with Gasteiger partial charge >= 0.3 is 6.09 Å². The summed E-state index contributed by atoms with van der Waals surface area (Å²) in [6.07, 6.45) is -0.406. The maximum Gasteiger partial charge on any atom is 0.411 e. The number of hydrogen-bond donors (Lipinski definition) is 1. The molecular weight excluding hydrogens is 293 g/mol. The number of benzene rings is 1. The Morgan fingerprint density at radius 3 is 2.93 bits per heavy atom. The Labute approximate surface area is 97.0 Å². The summed E-state index contributed by atoms with van der Waals surface area (Å²) >= 11 is 2.17. The summed E-state index contributed by atoms with van der Waals surface area (Å²) in [6.45, 7) is 4.14. The third-order valence-corrected chi connectivity index (χ3v) is 2.57. The van der Waals surface area contributed by atoms with Gasteiger partial charge in [-0.1, -0.05) is 6.07 Å². The molecule has 1 aromatic carbocycles. The van der Waals surface area contributed by atoms with Crippen molar-refractivity contribution in [1.82, 2.24) is 0 Å². The maximum absolute atomic E-state index is 11.1. The van der Waals surface area contributed by atoms with Crippen LogP contribution in [0.4, 0.5) is 10.5 Å². The van der Waals surface area contributed by atoms with E-state index in [4.69, 9.17) is 4.74 Å². The van der Waals surface area contributed by atoms with E-state index in [9.17, 15) is 4.79 Å². The van der Waals surface area contributed by atoms with Crippen molar-refractivity contribution in [3.63, 3.8) is 0 Å². The van der Waals surface area contributed by atoms with Crippen molar-refractivity contribution in [3.8, 4) is 0 Å². The largest absolute Gasteiger partial charge is 0.450 e. The molecule has 0 bridgehead atoms. The van der Waals surface area contributed by atoms with Crippen molar-refractivity contribution in [2.75, 3.05) is 11.9 Å². The summed E-state index contributed by atoms with van der Waals surface area (Å²) in [5, 5.41) is 2.68. The minimum atomic E-state index is -0.406. The molecule has 1 N–H and O–H groups in total. The van der Waals surface area contributed by atoms with Crippen molar-refractivity contribution < 1.29 is 9.53 Å². The Morgan fingerprint density at radius 2 is 2.29 bits per heavy atom. The highest BCUT2D eigenvalue weighted by molar-refractivity contribution is 14.1. The number of amides is 1. The smallest absolute Gasteiger partial charge is 0.411 e. The van der Waals surface area contributed by atoms with Crippen LogP contribution < -0.4 is 5.32 Å². The van der Waals surface area contributed by atoms with Gasteiger partial charge in [-0.3, -0.25) is 5.32 Å². The fourth-order valence-electron chi connectivity index (χ4n) is 1.01. The lowest BCUT2D eigenvalue weighted by atomic mass is 10.2. The normalized spacial score (nSPS) is 9.64. The van der Waals surface area contributed by atoms with Gasteiger partial charge in [0.25, 0.3) is 0 Å². The van der Waals surface area contributed by atoms with E-state index < -0.39 is 6.09 Å². The lowest BCUT2D eigenvalue weighted by Gasteiger charge is -2.07.